The zero-order chi connectivity index (χ0) is 15.8. The molecule has 0 atom stereocenters. The van der Waals surface area contributed by atoms with Gasteiger partial charge in [0.2, 0.25) is 0 Å². The minimum atomic E-state index is -4.13. The summed E-state index contributed by atoms with van der Waals surface area (Å²) in [6.45, 7) is 0. The molecule has 0 aromatic heterocycles. The summed E-state index contributed by atoms with van der Waals surface area (Å²) in [5, 5.41) is -0.430. The number of nitrogens with one attached hydrogen (secondary N) is 1. The molecule has 21 heavy (non-hydrogen) atoms. The number of nitrogens with two attached hydrogens (primary N) is 1. The highest BCUT2D eigenvalue weighted by Gasteiger charge is 2.23. The third-order valence-corrected chi connectivity index (χ3v) is 5.00. The summed E-state index contributed by atoms with van der Waals surface area (Å²) in [5.74, 6) is -0.690. The Morgan fingerprint density at radius 1 is 1.05 bits per heavy atom. The molecule has 9 heteroatoms. The average Bonchev–Trinajstić information content (AvgIpc) is 2.33. The topological polar surface area (TPSA) is 72.2 Å². The smallest absolute Gasteiger partial charge is 0.265 e. The molecule has 0 aliphatic heterocycles. The molecule has 0 fully saturated rings. The second kappa shape index (κ2) is 5.88. The van der Waals surface area contributed by atoms with Gasteiger partial charge in [0.25, 0.3) is 10.0 Å². The van der Waals surface area contributed by atoms with Crippen LogP contribution in [0.1, 0.15) is 0 Å². The molecule has 0 spiro atoms. The van der Waals surface area contributed by atoms with E-state index in [2.05, 4.69) is 4.72 Å². The van der Waals surface area contributed by atoms with Gasteiger partial charge in [-0.15, -0.1) is 0 Å². The van der Waals surface area contributed by atoms with Crippen LogP contribution >= 0.6 is 34.8 Å². The van der Waals surface area contributed by atoms with E-state index < -0.39 is 15.8 Å². The molecule has 2 aromatic rings. The highest BCUT2D eigenvalue weighted by molar-refractivity contribution is 7.93. The van der Waals surface area contributed by atoms with E-state index in [9.17, 15) is 12.8 Å². The molecule has 0 saturated heterocycles. The van der Waals surface area contributed by atoms with Gasteiger partial charge in [-0.05, 0) is 24.3 Å². The number of anilines is 2. The molecular formula is C12H8Cl3FN2O2S. The summed E-state index contributed by atoms with van der Waals surface area (Å²) in [7, 11) is -4.13. The Labute approximate surface area is 135 Å². The van der Waals surface area contributed by atoms with Crippen LogP contribution in [0.15, 0.2) is 35.2 Å². The van der Waals surface area contributed by atoms with Gasteiger partial charge in [0, 0.05) is 0 Å². The van der Waals surface area contributed by atoms with E-state index in [4.69, 9.17) is 40.5 Å². The maximum absolute atomic E-state index is 13.1. The number of sulfonamides is 1. The minimum absolute atomic E-state index is 0.0376. The maximum atomic E-state index is 13.1. The Balaban J connectivity index is 2.53. The number of nitrogen functional groups attached to an aromatic ring is 1. The van der Waals surface area contributed by atoms with Crippen molar-refractivity contribution in [2.24, 2.45) is 0 Å². The number of hydrogen-bond donors (Lipinski definition) is 2. The molecule has 0 unspecified atom stereocenters. The molecule has 0 aliphatic carbocycles. The number of halogens is 4. The zero-order valence-corrected chi connectivity index (χ0v) is 13.3. The first-order valence-electron chi connectivity index (χ1n) is 5.43. The van der Waals surface area contributed by atoms with Gasteiger partial charge in [-0.1, -0.05) is 40.9 Å². The van der Waals surface area contributed by atoms with Crippen molar-refractivity contribution in [3.8, 4) is 0 Å². The van der Waals surface area contributed by atoms with E-state index in [0.29, 0.717) is 0 Å². The minimum Gasteiger partial charge on any atom is -0.398 e. The SMILES string of the molecule is Nc1cccc(Cl)c1S(=O)(=O)Nc1c(Cl)cc(F)cc1Cl. The third-order valence-electron chi connectivity index (χ3n) is 2.51. The average molecular weight is 370 g/mol. The Morgan fingerprint density at radius 3 is 2.14 bits per heavy atom. The van der Waals surface area contributed by atoms with Gasteiger partial charge in [-0.25, -0.2) is 12.8 Å². The molecule has 0 radical (unpaired) electrons. The fourth-order valence-corrected chi connectivity index (χ4v) is 4.08. The van der Waals surface area contributed by atoms with Gasteiger partial charge in [0.1, 0.15) is 10.7 Å². The van der Waals surface area contributed by atoms with E-state index in [1.807, 2.05) is 0 Å². The maximum Gasteiger partial charge on any atom is 0.265 e. The van der Waals surface area contributed by atoms with Crippen molar-refractivity contribution in [1.82, 2.24) is 0 Å². The van der Waals surface area contributed by atoms with Gasteiger partial charge in [-0.2, -0.15) is 0 Å². The monoisotopic (exact) mass is 368 g/mol. The molecule has 112 valence electrons. The van der Waals surface area contributed by atoms with Crippen LogP contribution in [0, 0.1) is 5.82 Å². The summed E-state index contributed by atoms with van der Waals surface area (Å²) in [4.78, 5) is -0.303. The fraction of sp³-hybridized carbons (Fsp3) is 0. The second-order valence-corrected chi connectivity index (χ2v) is 6.85. The predicted molar refractivity (Wildman–Crippen MR) is 83.1 cm³/mol. The summed E-state index contributed by atoms with van der Waals surface area (Å²) < 4.78 is 40.0. The van der Waals surface area contributed by atoms with E-state index >= 15 is 0 Å². The predicted octanol–water partition coefficient (Wildman–Crippen LogP) is 4.17. The first-order chi connectivity index (χ1) is 9.72. The Hall–Kier alpha value is -1.21. The molecule has 0 bridgehead atoms. The lowest BCUT2D eigenvalue weighted by atomic mass is 10.3. The van der Waals surface area contributed by atoms with Crippen LogP contribution in [0.3, 0.4) is 0 Å². The van der Waals surface area contributed by atoms with Crippen LogP contribution < -0.4 is 10.5 Å². The number of rotatable bonds is 3. The molecule has 2 rings (SSSR count). The highest BCUT2D eigenvalue weighted by atomic mass is 35.5. The fourth-order valence-electron chi connectivity index (χ4n) is 1.63. The second-order valence-electron chi connectivity index (χ2n) is 4.01. The molecular weight excluding hydrogens is 362 g/mol. The third kappa shape index (κ3) is 3.35. The quantitative estimate of drug-likeness (QED) is 0.798. The summed E-state index contributed by atoms with van der Waals surface area (Å²) in [6, 6.07) is 6.13. The van der Waals surface area contributed by atoms with Crippen LogP contribution in [-0.4, -0.2) is 8.42 Å². The normalized spacial score (nSPS) is 11.4. The van der Waals surface area contributed by atoms with E-state index in [-0.39, 0.29) is 31.3 Å². The summed E-state index contributed by atoms with van der Waals surface area (Å²) in [5.41, 5.74) is 5.44. The molecule has 0 aliphatic rings. The lowest BCUT2D eigenvalue weighted by Gasteiger charge is -2.13. The van der Waals surface area contributed by atoms with Crippen LogP contribution in [0.4, 0.5) is 15.8 Å². The summed E-state index contributed by atoms with van der Waals surface area (Å²) >= 11 is 17.4. The van der Waals surface area contributed by atoms with Gasteiger partial charge in [0.15, 0.2) is 0 Å². The van der Waals surface area contributed by atoms with Crippen molar-refractivity contribution in [2.45, 2.75) is 4.90 Å². The van der Waals surface area contributed by atoms with Crippen molar-refractivity contribution < 1.29 is 12.8 Å². The highest BCUT2D eigenvalue weighted by Crippen LogP contribution is 2.35. The van der Waals surface area contributed by atoms with Crippen molar-refractivity contribution in [3.05, 3.63) is 51.2 Å². The van der Waals surface area contributed by atoms with Gasteiger partial charge < -0.3 is 5.73 Å². The van der Waals surface area contributed by atoms with Crippen LogP contribution in [0.25, 0.3) is 0 Å². The van der Waals surface area contributed by atoms with Crippen molar-refractivity contribution in [2.75, 3.05) is 10.5 Å². The van der Waals surface area contributed by atoms with E-state index in [1.54, 1.807) is 0 Å². The van der Waals surface area contributed by atoms with Crippen LogP contribution in [0.2, 0.25) is 15.1 Å². The van der Waals surface area contributed by atoms with E-state index in [0.717, 1.165) is 12.1 Å². The Bertz CT molecular complexity index is 769. The van der Waals surface area contributed by atoms with Crippen molar-refractivity contribution >= 4 is 56.2 Å². The van der Waals surface area contributed by atoms with Crippen LogP contribution in [0.5, 0.6) is 0 Å². The lowest BCUT2D eigenvalue weighted by molar-refractivity contribution is 0.601. The lowest BCUT2D eigenvalue weighted by Crippen LogP contribution is -2.16. The molecule has 4 nitrogen and oxygen atoms in total. The Kier molecular flexibility index (Phi) is 4.53. The van der Waals surface area contributed by atoms with Gasteiger partial charge in [-0.3, -0.25) is 4.72 Å². The Morgan fingerprint density at radius 2 is 1.62 bits per heavy atom. The molecule has 3 N–H and O–H groups in total. The van der Waals surface area contributed by atoms with Crippen molar-refractivity contribution in [3.63, 3.8) is 0 Å². The number of hydrogen-bond acceptors (Lipinski definition) is 3. The van der Waals surface area contributed by atoms with Crippen molar-refractivity contribution in [1.29, 1.82) is 0 Å². The van der Waals surface area contributed by atoms with Gasteiger partial charge >= 0.3 is 0 Å². The largest absolute Gasteiger partial charge is 0.398 e. The zero-order valence-electron chi connectivity index (χ0n) is 10.2. The first kappa shape index (κ1) is 16.2. The van der Waals surface area contributed by atoms with E-state index in [1.165, 1.54) is 18.2 Å². The summed E-state index contributed by atoms with van der Waals surface area (Å²) in [6.07, 6.45) is 0. The van der Waals surface area contributed by atoms with Gasteiger partial charge in [0.05, 0.1) is 26.4 Å². The standard InChI is InChI=1S/C12H8Cl3FN2O2S/c13-7-2-1-3-10(17)12(7)21(19,20)18-11-8(14)4-6(16)5-9(11)15/h1-5,18H,17H2. The van der Waals surface area contributed by atoms with Crippen LogP contribution in [-0.2, 0) is 10.0 Å². The molecule has 2 aromatic carbocycles. The molecule has 0 saturated carbocycles. The first-order valence-corrected chi connectivity index (χ1v) is 8.05. The molecule has 0 amide bonds. The molecule has 0 heterocycles. The number of benzene rings is 2.